The van der Waals surface area contributed by atoms with Gasteiger partial charge in [-0.3, -0.25) is 4.79 Å². The molecule has 0 spiro atoms. The molecule has 1 amide bonds. The molecule has 0 bridgehead atoms. The molecule has 2 atom stereocenters. The Bertz CT molecular complexity index is 1030. The summed E-state index contributed by atoms with van der Waals surface area (Å²) < 4.78 is 7.20. The van der Waals surface area contributed by atoms with Crippen LogP contribution in [0, 0.1) is 6.92 Å². The van der Waals surface area contributed by atoms with Crippen molar-refractivity contribution in [3.63, 3.8) is 0 Å². The number of anilines is 1. The van der Waals surface area contributed by atoms with E-state index in [4.69, 9.17) is 4.74 Å². The van der Waals surface area contributed by atoms with Gasteiger partial charge in [-0.05, 0) is 50.5 Å². The molecule has 1 heterocycles. The standard InChI is InChI=1S/C24H31N3O3/c1-6-19-11-9-10-16(2)23(19)27(17(3)15-30-5)22(29)14-26-21-13-8-7-12-20(21)25-24(26)18(4)28/h7-13,17-18,28H,6,14-15H2,1-5H3/t17-,18+/m0/s1. The van der Waals surface area contributed by atoms with E-state index < -0.39 is 6.10 Å². The minimum absolute atomic E-state index is 0.0615. The first kappa shape index (κ1) is 22.0. The van der Waals surface area contributed by atoms with Gasteiger partial charge in [0, 0.05) is 7.11 Å². The zero-order valence-electron chi connectivity index (χ0n) is 18.4. The molecule has 1 N–H and O–H groups in total. The number of carbonyl (C=O) groups excluding carboxylic acids is 1. The zero-order valence-corrected chi connectivity index (χ0v) is 18.4. The number of aromatic nitrogens is 2. The molecule has 3 rings (SSSR count). The van der Waals surface area contributed by atoms with Crippen LogP contribution in [0.2, 0.25) is 0 Å². The summed E-state index contributed by atoms with van der Waals surface area (Å²) in [4.78, 5) is 20.1. The minimum atomic E-state index is -0.778. The van der Waals surface area contributed by atoms with Crippen LogP contribution in [0.25, 0.3) is 11.0 Å². The molecule has 0 aliphatic rings. The Hall–Kier alpha value is -2.70. The van der Waals surface area contributed by atoms with Crippen LogP contribution in [-0.4, -0.2) is 40.3 Å². The number of benzene rings is 2. The van der Waals surface area contributed by atoms with Gasteiger partial charge >= 0.3 is 0 Å². The molecule has 3 aromatic rings. The fourth-order valence-corrected chi connectivity index (χ4v) is 4.05. The second-order valence-electron chi connectivity index (χ2n) is 7.73. The lowest BCUT2D eigenvalue weighted by Gasteiger charge is -2.32. The van der Waals surface area contributed by atoms with E-state index in [1.807, 2.05) is 59.7 Å². The molecule has 0 radical (unpaired) electrons. The molecule has 30 heavy (non-hydrogen) atoms. The third-order valence-corrected chi connectivity index (χ3v) is 5.41. The number of methoxy groups -OCH3 is 1. The summed E-state index contributed by atoms with van der Waals surface area (Å²) in [5.74, 6) is 0.429. The highest BCUT2D eigenvalue weighted by molar-refractivity contribution is 5.96. The van der Waals surface area contributed by atoms with Crippen LogP contribution < -0.4 is 4.90 Å². The van der Waals surface area contributed by atoms with Crippen molar-refractivity contribution >= 4 is 22.6 Å². The number of ether oxygens (including phenoxy) is 1. The van der Waals surface area contributed by atoms with Gasteiger partial charge in [-0.2, -0.15) is 0 Å². The van der Waals surface area contributed by atoms with Gasteiger partial charge in [-0.25, -0.2) is 4.98 Å². The van der Waals surface area contributed by atoms with E-state index in [1.165, 1.54) is 0 Å². The summed E-state index contributed by atoms with van der Waals surface area (Å²) in [6, 6.07) is 13.6. The van der Waals surface area contributed by atoms with E-state index in [0.29, 0.717) is 12.4 Å². The van der Waals surface area contributed by atoms with E-state index in [0.717, 1.165) is 34.3 Å². The molecule has 160 valence electrons. The van der Waals surface area contributed by atoms with Crippen molar-refractivity contribution in [2.24, 2.45) is 0 Å². The highest BCUT2D eigenvalue weighted by Crippen LogP contribution is 2.29. The van der Waals surface area contributed by atoms with Gasteiger partial charge in [-0.15, -0.1) is 0 Å². The summed E-state index contributed by atoms with van der Waals surface area (Å²) in [6.45, 7) is 8.31. The Kier molecular flexibility index (Phi) is 6.90. The molecule has 0 fully saturated rings. The first-order valence-electron chi connectivity index (χ1n) is 10.4. The number of imidazole rings is 1. The lowest BCUT2D eigenvalue weighted by Crippen LogP contribution is -2.44. The Labute approximate surface area is 178 Å². The van der Waals surface area contributed by atoms with Crippen LogP contribution >= 0.6 is 0 Å². The van der Waals surface area contributed by atoms with Crippen molar-refractivity contribution in [1.29, 1.82) is 0 Å². The average molecular weight is 410 g/mol. The normalized spacial score (nSPS) is 13.4. The summed E-state index contributed by atoms with van der Waals surface area (Å²) >= 11 is 0. The Morgan fingerprint density at radius 1 is 1.20 bits per heavy atom. The van der Waals surface area contributed by atoms with Gasteiger partial charge in [0.05, 0.1) is 29.4 Å². The molecule has 2 aromatic carbocycles. The molecular formula is C24H31N3O3. The quantitative estimate of drug-likeness (QED) is 0.610. The van der Waals surface area contributed by atoms with Gasteiger partial charge in [0.25, 0.3) is 0 Å². The van der Waals surface area contributed by atoms with Crippen LogP contribution in [0.3, 0.4) is 0 Å². The highest BCUT2D eigenvalue weighted by Gasteiger charge is 2.27. The Balaban J connectivity index is 2.08. The SMILES string of the molecule is CCc1cccc(C)c1N(C(=O)Cn1c([C@@H](C)O)nc2ccccc21)[C@@H](C)COC. The maximum Gasteiger partial charge on any atom is 0.247 e. The summed E-state index contributed by atoms with van der Waals surface area (Å²) in [7, 11) is 1.65. The number of hydrogen-bond donors (Lipinski definition) is 1. The fraction of sp³-hybridized carbons (Fsp3) is 0.417. The molecule has 6 heteroatoms. The van der Waals surface area contributed by atoms with Gasteiger partial charge in [0.15, 0.2) is 0 Å². The second-order valence-corrected chi connectivity index (χ2v) is 7.73. The number of aryl methyl sites for hydroxylation is 2. The Morgan fingerprint density at radius 3 is 2.60 bits per heavy atom. The molecule has 6 nitrogen and oxygen atoms in total. The third kappa shape index (κ3) is 4.25. The monoisotopic (exact) mass is 409 g/mol. The van der Waals surface area contributed by atoms with Crippen molar-refractivity contribution in [2.45, 2.75) is 52.8 Å². The van der Waals surface area contributed by atoms with Crippen molar-refractivity contribution in [1.82, 2.24) is 9.55 Å². The number of carbonyl (C=O) groups is 1. The maximum absolute atomic E-state index is 13.7. The molecule has 0 unspecified atom stereocenters. The first-order valence-corrected chi connectivity index (χ1v) is 10.4. The number of nitrogens with zero attached hydrogens (tertiary/aromatic N) is 3. The average Bonchev–Trinajstić information content (AvgIpc) is 3.08. The predicted molar refractivity (Wildman–Crippen MR) is 120 cm³/mol. The number of para-hydroxylation sites is 3. The van der Waals surface area contributed by atoms with Crippen LogP contribution in [0.1, 0.15) is 43.8 Å². The molecular weight excluding hydrogens is 378 g/mol. The second kappa shape index (κ2) is 9.41. The number of aliphatic hydroxyl groups is 1. The number of fused-ring (bicyclic) bond motifs is 1. The third-order valence-electron chi connectivity index (χ3n) is 5.41. The van der Waals surface area contributed by atoms with Crippen molar-refractivity contribution in [3.05, 3.63) is 59.4 Å². The Morgan fingerprint density at radius 2 is 1.93 bits per heavy atom. The molecule has 1 aromatic heterocycles. The van der Waals surface area contributed by atoms with E-state index in [2.05, 4.69) is 18.0 Å². The van der Waals surface area contributed by atoms with Crippen LogP contribution in [0.5, 0.6) is 0 Å². The molecule has 0 saturated carbocycles. The van der Waals surface area contributed by atoms with Crippen molar-refractivity contribution < 1.29 is 14.6 Å². The largest absolute Gasteiger partial charge is 0.385 e. The molecule has 0 saturated heterocycles. The summed E-state index contributed by atoms with van der Waals surface area (Å²) in [5, 5.41) is 10.3. The van der Waals surface area contributed by atoms with Crippen LogP contribution in [0.4, 0.5) is 5.69 Å². The van der Waals surface area contributed by atoms with E-state index >= 15 is 0 Å². The zero-order chi connectivity index (χ0) is 21.8. The number of amides is 1. The lowest BCUT2D eigenvalue weighted by molar-refractivity contribution is -0.119. The molecule has 0 aliphatic carbocycles. The van der Waals surface area contributed by atoms with Crippen LogP contribution in [0.15, 0.2) is 42.5 Å². The van der Waals surface area contributed by atoms with Crippen LogP contribution in [-0.2, 0) is 22.5 Å². The first-order chi connectivity index (χ1) is 14.4. The number of aliphatic hydroxyl groups excluding tert-OH is 1. The van der Waals surface area contributed by atoms with E-state index in [1.54, 1.807) is 14.0 Å². The summed E-state index contributed by atoms with van der Waals surface area (Å²) in [6.07, 6.45) is 0.0488. The van der Waals surface area contributed by atoms with Crippen molar-refractivity contribution in [2.75, 3.05) is 18.6 Å². The predicted octanol–water partition coefficient (Wildman–Crippen LogP) is 4.03. The smallest absolute Gasteiger partial charge is 0.247 e. The van der Waals surface area contributed by atoms with E-state index in [9.17, 15) is 9.90 Å². The number of rotatable bonds is 8. The summed E-state index contributed by atoms with van der Waals surface area (Å²) in [5.41, 5.74) is 4.72. The van der Waals surface area contributed by atoms with Gasteiger partial charge in [-0.1, -0.05) is 37.3 Å². The van der Waals surface area contributed by atoms with E-state index in [-0.39, 0.29) is 18.5 Å². The topological polar surface area (TPSA) is 67.6 Å². The minimum Gasteiger partial charge on any atom is -0.385 e. The van der Waals surface area contributed by atoms with Gasteiger partial charge in [0.1, 0.15) is 18.5 Å². The highest BCUT2D eigenvalue weighted by atomic mass is 16.5. The van der Waals surface area contributed by atoms with Gasteiger partial charge < -0.3 is 19.3 Å². The van der Waals surface area contributed by atoms with Gasteiger partial charge in [0.2, 0.25) is 5.91 Å². The lowest BCUT2D eigenvalue weighted by atomic mass is 10.0. The number of hydrogen-bond acceptors (Lipinski definition) is 4. The fourth-order valence-electron chi connectivity index (χ4n) is 4.05. The maximum atomic E-state index is 13.7. The molecule has 0 aliphatic heterocycles. The van der Waals surface area contributed by atoms with Crippen molar-refractivity contribution in [3.8, 4) is 0 Å².